The van der Waals surface area contributed by atoms with Crippen molar-refractivity contribution >= 4 is 11.9 Å². The average Bonchev–Trinajstić information content (AvgIpc) is 2.52. The van der Waals surface area contributed by atoms with Gasteiger partial charge in [-0.15, -0.1) is 0 Å². The monoisotopic (exact) mass is 346 g/mol. The summed E-state index contributed by atoms with van der Waals surface area (Å²) >= 11 is 0. The highest BCUT2D eigenvalue weighted by Gasteiger charge is 2.20. The molecule has 0 aromatic carbocycles. The van der Waals surface area contributed by atoms with Gasteiger partial charge in [-0.1, -0.05) is 39.8 Å². The summed E-state index contributed by atoms with van der Waals surface area (Å²) in [5.74, 6) is -1.87. The first-order chi connectivity index (χ1) is 11.0. The zero-order valence-electron chi connectivity index (χ0n) is 15.5. The molecular formula is C18H34O6. The predicted molar refractivity (Wildman–Crippen MR) is 96.0 cm³/mol. The molecule has 0 radical (unpaired) electrons. The van der Waals surface area contributed by atoms with Crippen LogP contribution in [0.2, 0.25) is 0 Å². The molecule has 4 N–H and O–H groups in total. The minimum absolute atomic E-state index is 0.176. The van der Waals surface area contributed by atoms with Crippen LogP contribution in [-0.4, -0.2) is 44.6 Å². The summed E-state index contributed by atoms with van der Waals surface area (Å²) in [7, 11) is 0. The van der Waals surface area contributed by atoms with E-state index in [1.54, 1.807) is 0 Å². The standard InChI is InChI=1S/C10H22O2.2C4H6O2/c1-3-10(12,4-2)8-6-5-7-9-11;2*1-3(2)4(5)6/h11-12H,3-9H2,1-2H3;2*1H2,2H3,(H,5,6). The number of hydrogen-bond acceptors (Lipinski definition) is 4. The number of aliphatic hydroxyl groups is 2. The van der Waals surface area contributed by atoms with Gasteiger partial charge in [0.2, 0.25) is 0 Å². The lowest BCUT2D eigenvalue weighted by Crippen LogP contribution is -2.26. The summed E-state index contributed by atoms with van der Waals surface area (Å²) in [6, 6.07) is 0. The highest BCUT2D eigenvalue weighted by atomic mass is 16.4. The lowest BCUT2D eigenvalue weighted by atomic mass is 9.91. The number of aliphatic carboxylic acids is 2. The Morgan fingerprint density at radius 2 is 1.21 bits per heavy atom. The summed E-state index contributed by atoms with van der Waals surface area (Å²) in [5, 5.41) is 34.2. The molecule has 24 heavy (non-hydrogen) atoms. The highest BCUT2D eigenvalue weighted by Crippen LogP contribution is 2.22. The van der Waals surface area contributed by atoms with Gasteiger partial charge >= 0.3 is 11.9 Å². The SMILES string of the molecule is C=C(C)C(=O)O.C=C(C)C(=O)O.CCC(O)(CC)CCCCCO. The van der Waals surface area contributed by atoms with Crippen molar-refractivity contribution in [2.45, 2.75) is 71.8 Å². The van der Waals surface area contributed by atoms with Gasteiger partial charge in [0.05, 0.1) is 5.60 Å². The van der Waals surface area contributed by atoms with Crippen molar-refractivity contribution in [3.8, 4) is 0 Å². The van der Waals surface area contributed by atoms with E-state index in [2.05, 4.69) is 13.2 Å². The molecule has 0 aromatic rings. The summed E-state index contributed by atoms with van der Waals surface area (Å²) in [4.78, 5) is 19.2. The van der Waals surface area contributed by atoms with Crippen molar-refractivity contribution in [2.75, 3.05) is 6.61 Å². The van der Waals surface area contributed by atoms with Gasteiger partial charge in [0.15, 0.2) is 0 Å². The number of unbranched alkanes of at least 4 members (excludes halogenated alkanes) is 2. The first-order valence-corrected chi connectivity index (χ1v) is 8.08. The Morgan fingerprint density at radius 3 is 1.42 bits per heavy atom. The molecule has 0 unspecified atom stereocenters. The van der Waals surface area contributed by atoms with E-state index in [0.717, 1.165) is 38.5 Å². The summed E-state index contributed by atoms with van der Waals surface area (Å²) in [6.07, 6.45) is 5.46. The van der Waals surface area contributed by atoms with E-state index in [-0.39, 0.29) is 17.8 Å². The maximum absolute atomic E-state index is 9.87. The summed E-state index contributed by atoms with van der Waals surface area (Å²) < 4.78 is 0. The summed E-state index contributed by atoms with van der Waals surface area (Å²) in [5.41, 5.74) is -0.0971. The van der Waals surface area contributed by atoms with Crippen LogP contribution in [0.25, 0.3) is 0 Å². The van der Waals surface area contributed by atoms with Gasteiger partial charge in [0.1, 0.15) is 0 Å². The smallest absolute Gasteiger partial charge is 0.330 e. The third kappa shape index (κ3) is 20.3. The Labute approximate surface area is 145 Å². The fourth-order valence-corrected chi connectivity index (χ4v) is 1.35. The van der Waals surface area contributed by atoms with E-state index in [4.69, 9.17) is 15.3 Å². The number of carbonyl (C=O) groups is 2. The highest BCUT2D eigenvalue weighted by molar-refractivity contribution is 5.85. The molecule has 0 atom stereocenters. The zero-order valence-corrected chi connectivity index (χ0v) is 15.5. The van der Waals surface area contributed by atoms with E-state index in [1.807, 2.05) is 13.8 Å². The number of rotatable bonds is 9. The van der Waals surface area contributed by atoms with Crippen LogP contribution in [0.15, 0.2) is 24.3 Å². The first-order valence-electron chi connectivity index (χ1n) is 8.08. The van der Waals surface area contributed by atoms with Crippen LogP contribution in [0.5, 0.6) is 0 Å². The largest absolute Gasteiger partial charge is 0.478 e. The zero-order chi connectivity index (χ0) is 19.8. The molecule has 0 aliphatic carbocycles. The van der Waals surface area contributed by atoms with Crippen LogP contribution >= 0.6 is 0 Å². The van der Waals surface area contributed by atoms with E-state index in [9.17, 15) is 14.7 Å². The van der Waals surface area contributed by atoms with Crippen LogP contribution in [0.4, 0.5) is 0 Å². The van der Waals surface area contributed by atoms with Gasteiger partial charge in [0, 0.05) is 17.8 Å². The Kier molecular flexibility index (Phi) is 18.4. The second kappa shape index (κ2) is 16.2. The predicted octanol–water partition coefficient (Wildman–Crippen LogP) is 3.38. The third-order valence-corrected chi connectivity index (χ3v) is 3.35. The molecule has 0 saturated carbocycles. The Balaban J connectivity index is -0.000000309. The van der Waals surface area contributed by atoms with Gasteiger partial charge < -0.3 is 20.4 Å². The fraction of sp³-hybridized carbons (Fsp3) is 0.667. The Morgan fingerprint density at radius 1 is 0.875 bits per heavy atom. The van der Waals surface area contributed by atoms with E-state index < -0.39 is 17.5 Å². The molecule has 0 rings (SSSR count). The molecule has 6 nitrogen and oxygen atoms in total. The van der Waals surface area contributed by atoms with Crippen LogP contribution in [0, 0.1) is 0 Å². The second-order valence-corrected chi connectivity index (χ2v) is 5.64. The van der Waals surface area contributed by atoms with Crippen molar-refractivity contribution in [3.63, 3.8) is 0 Å². The van der Waals surface area contributed by atoms with Crippen molar-refractivity contribution in [3.05, 3.63) is 24.3 Å². The van der Waals surface area contributed by atoms with Crippen molar-refractivity contribution in [1.82, 2.24) is 0 Å². The maximum atomic E-state index is 9.87. The van der Waals surface area contributed by atoms with Gasteiger partial charge in [0.25, 0.3) is 0 Å². The quantitative estimate of drug-likeness (QED) is 0.376. The molecule has 0 aliphatic heterocycles. The second-order valence-electron chi connectivity index (χ2n) is 5.64. The van der Waals surface area contributed by atoms with Crippen molar-refractivity contribution < 1.29 is 30.0 Å². The lowest BCUT2D eigenvalue weighted by Gasteiger charge is -2.24. The average molecular weight is 346 g/mol. The van der Waals surface area contributed by atoms with Gasteiger partial charge in [-0.2, -0.15) is 0 Å². The molecule has 0 amide bonds. The molecule has 0 heterocycles. The van der Waals surface area contributed by atoms with E-state index in [1.165, 1.54) is 13.8 Å². The van der Waals surface area contributed by atoms with Crippen LogP contribution in [0.1, 0.15) is 66.2 Å². The van der Waals surface area contributed by atoms with Crippen LogP contribution in [-0.2, 0) is 9.59 Å². The fourth-order valence-electron chi connectivity index (χ4n) is 1.35. The van der Waals surface area contributed by atoms with Gasteiger partial charge in [-0.05, 0) is 39.5 Å². The first kappa shape index (κ1) is 27.2. The van der Waals surface area contributed by atoms with Crippen molar-refractivity contribution in [1.29, 1.82) is 0 Å². The molecule has 0 aromatic heterocycles. The maximum Gasteiger partial charge on any atom is 0.330 e. The van der Waals surface area contributed by atoms with Crippen LogP contribution < -0.4 is 0 Å². The number of aliphatic hydroxyl groups excluding tert-OH is 1. The van der Waals surface area contributed by atoms with Crippen LogP contribution in [0.3, 0.4) is 0 Å². The number of hydrogen-bond donors (Lipinski definition) is 4. The number of carboxylic acid groups (broad SMARTS) is 2. The van der Waals surface area contributed by atoms with Crippen molar-refractivity contribution in [2.24, 2.45) is 0 Å². The normalized spacial score (nSPS) is 9.75. The Bertz CT molecular complexity index is 335. The van der Waals surface area contributed by atoms with E-state index >= 15 is 0 Å². The molecule has 0 spiro atoms. The topological polar surface area (TPSA) is 115 Å². The van der Waals surface area contributed by atoms with E-state index in [0.29, 0.717) is 0 Å². The minimum Gasteiger partial charge on any atom is -0.478 e. The lowest BCUT2D eigenvalue weighted by molar-refractivity contribution is -0.133. The minimum atomic E-state index is -0.935. The molecule has 142 valence electrons. The molecular weight excluding hydrogens is 312 g/mol. The van der Waals surface area contributed by atoms with Gasteiger partial charge in [-0.3, -0.25) is 0 Å². The molecule has 0 bridgehead atoms. The Hall–Kier alpha value is -1.66. The third-order valence-electron chi connectivity index (χ3n) is 3.35. The molecule has 0 saturated heterocycles. The van der Waals surface area contributed by atoms with Gasteiger partial charge in [-0.25, -0.2) is 9.59 Å². The number of carboxylic acids is 2. The molecule has 6 heteroatoms. The molecule has 0 fully saturated rings. The summed E-state index contributed by atoms with van der Waals surface area (Å²) in [6.45, 7) is 13.5. The molecule has 0 aliphatic rings.